The summed E-state index contributed by atoms with van der Waals surface area (Å²) >= 11 is 0. The molecule has 6 nitrogen and oxygen atoms in total. The zero-order valence-corrected chi connectivity index (χ0v) is 18.5. The Kier molecular flexibility index (Phi) is 7.21. The number of hydrogen-bond donors (Lipinski definition) is 1. The van der Waals surface area contributed by atoms with Crippen molar-refractivity contribution in [2.24, 2.45) is 5.92 Å². The zero-order valence-electron chi connectivity index (χ0n) is 18.5. The van der Waals surface area contributed by atoms with Crippen LogP contribution in [0.4, 0.5) is 0 Å². The smallest absolute Gasteiger partial charge is 0.258 e. The molecule has 2 aromatic heterocycles. The minimum atomic E-state index is 0.123. The Bertz CT molecular complexity index is 995. The molecule has 2 heterocycles. The first kappa shape index (κ1) is 22.0. The summed E-state index contributed by atoms with van der Waals surface area (Å²) in [6.45, 7) is 11.1. The second-order valence-corrected chi connectivity index (χ2v) is 8.07. The number of pyridine rings is 1. The van der Waals surface area contributed by atoms with Crippen LogP contribution in [0.2, 0.25) is 0 Å². The molecule has 0 unspecified atom stereocenters. The molecule has 1 N–H and O–H groups in total. The third-order valence-corrected chi connectivity index (χ3v) is 4.84. The van der Waals surface area contributed by atoms with Crippen LogP contribution in [-0.4, -0.2) is 33.4 Å². The molecule has 3 aromatic rings. The lowest BCUT2D eigenvalue weighted by molar-refractivity contribution is 0.232. The topological polar surface area (TPSA) is 81.3 Å². The van der Waals surface area contributed by atoms with Crippen LogP contribution in [0.3, 0.4) is 0 Å². The molecule has 160 valence electrons. The second kappa shape index (κ2) is 9.85. The van der Waals surface area contributed by atoms with Crippen molar-refractivity contribution < 1.29 is 14.4 Å². The number of aryl methyl sites for hydroxylation is 3. The lowest BCUT2D eigenvalue weighted by Gasteiger charge is -2.14. The Morgan fingerprint density at radius 1 is 1.07 bits per heavy atom. The molecule has 0 aliphatic carbocycles. The fourth-order valence-electron chi connectivity index (χ4n) is 3.53. The minimum absolute atomic E-state index is 0.123. The van der Waals surface area contributed by atoms with E-state index in [0.717, 1.165) is 52.2 Å². The molecule has 3 rings (SSSR count). The first-order valence-corrected chi connectivity index (χ1v) is 10.6. The van der Waals surface area contributed by atoms with Gasteiger partial charge in [0.2, 0.25) is 5.82 Å². The molecule has 1 aromatic carbocycles. The summed E-state index contributed by atoms with van der Waals surface area (Å²) in [6, 6.07) is 8.08. The van der Waals surface area contributed by atoms with E-state index in [1.807, 2.05) is 32.0 Å². The number of ether oxygens (including phenoxy) is 1. The van der Waals surface area contributed by atoms with Gasteiger partial charge in [-0.2, -0.15) is 4.98 Å². The first-order chi connectivity index (χ1) is 14.4. The van der Waals surface area contributed by atoms with Gasteiger partial charge in [0.1, 0.15) is 5.75 Å². The molecule has 0 bridgehead atoms. The lowest BCUT2D eigenvalue weighted by Crippen LogP contribution is -2.04. The van der Waals surface area contributed by atoms with Crippen molar-refractivity contribution in [3.8, 4) is 28.6 Å². The molecule has 30 heavy (non-hydrogen) atoms. The van der Waals surface area contributed by atoms with Crippen molar-refractivity contribution in [3.63, 3.8) is 0 Å². The van der Waals surface area contributed by atoms with Crippen molar-refractivity contribution in [3.05, 3.63) is 46.8 Å². The Hall–Kier alpha value is -2.73. The fourth-order valence-corrected chi connectivity index (χ4v) is 3.53. The molecule has 0 spiro atoms. The van der Waals surface area contributed by atoms with Gasteiger partial charge >= 0.3 is 0 Å². The van der Waals surface area contributed by atoms with Crippen LogP contribution in [-0.2, 0) is 12.8 Å². The van der Waals surface area contributed by atoms with Crippen molar-refractivity contribution in [1.82, 2.24) is 15.1 Å². The standard InChI is InChI=1S/C24H31N3O3/c1-6-18-13-19(11-16(4)22(18)29-9-7-8-28)23-26-24(30-27-23)20-12-17(5)25-21(14-20)10-15(2)3/h11-15,28H,6-10H2,1-5H3. The number of benzene rings is 1. The molecular weight excluding hydrogens is 378 g/mol. The van der Waals surface area contributed by atoms with Crippen LogP contribution in [0, 0.1) is 19.8 Å². The third kappa shape index (κ3) is 5.25. The number of rotatable bonds is 9. The predicted octanol–water partition coefficient (Wildman–Crippen LogP) is 4.94. The van der Waals surface area contributed by atoms with E-state index in [-0.39, 0.29) is 6.61 Å². The molecule has 0 saturated heterocycles. The van der Waals surface area contributed by atoms with E-state index in [9.17, 15) is 0 Å². The van der Waals surface area contributed by atoms with Crippen molar-refractivity contribution >= 4 is 0 Å². The van der Waals surface area contributed by atoms with Gasteiger partial charge in [-0.3, -0.25) is 4.98 Å². The highest BCUT2D eigenvalue weighted by Gasteiger charge is 2.16. The van der Waals surface area contributed by atoms with Gasteiger partial charge in [-0.25, -0.2) is 0 Å². The maximum Gasteiger partial charge on any atom is 0.258 e. The molecule has 0 aliphatic rings. The largest absolute Gasteiger partial charge is 0.493 e. The van der Waals surface area contributed by atoms with Crippen molar-refractivity contribution in [2.75, 3.05) is 13.2 Å². The Balaban J connectivity index is 1.91. The molecule has 0 atom stereocenters. The van der Waals surface area contributed by atoms with E-state index in [2.05, 4.69) is 42.0 Å². The molecule has 0 saturated carbocycles. The molecule has 6 heteroatoms. The quantitative estimate of drug-likeness (QED) is 0.504. The molecule has 0 amide bonds. The van der Waals surface area contributed by atoms with Gasteiger partial charge in [0.25, 0.3) is 5.89 Å². The highest BCUT2D eigenvalue weighted by atomic mass is 16.5. The average Bonchev–Trinajstić information content (AvgIpc) is 3.18. The van der Waals surface area contributed by atoms with Crippen LogP contribution in [0.25, 0.3) is 22.8 Å². The molecule has 0 fully saturated rings. The summed E-state index contributed by atoms with van der Waals surface area (Å²) in [7, 11) is 0. The van der Waals surface area contributed by atoms with Gasteiger partial charge in [0.15, 0.2) is 0 Å². The van der Waals surface area contributed by atoms with Gasteiger partial charge < -0.3 is 14.4 Å². The lowest BCUT2D eigenvalue weighted by atomic mass is 10.0. The normalized spacial score (nSPS) is 11.3. The molecule has 0 aliphatic heterocycles. The van der Waals surface area contributed by atoms with E-state index in [1.165, 1.54) is 0 Å². The van der Waals surface area contributed by atoms with Crippen molar-refractivity contribution in [2.45, 2.75) is 53.9 Å². The Morgan fingerprint density at radius 2 is 1.87 bits per heavy atom. The van der Waals surface area contributed by atoms with Gasteiger partial charge in [-0.05, 0) is 68.0 Å². The van der Waals surface area contributed by atoms with Crippen LogP contribution in [0.15, 0.2) is 28.8 Å². The Labute approximate surface area is 178 Å². The van der Waals surface area contributed by atoms with E-state index < -0.39 is 0 Å². The van der Waals surface area contributed by atoms with Crippen molar-refractivity contribution in [1.29, 1.82) is 0 Å². The molecule has 0 radical (unpaired) electrons. The number of aliphatic hydroxyl groups excluding tert-OH is 1. The first-order valence-electron chi connectivity index (χ1n) is 10.6. The number of aromatic nitrogens is 3. The SMILES string of the molecule is CCc1cc(-c2noc(-c3cc(C)nc(CC(C)C)c3)n2)cc(C)c1OCCCO. The summed E-state index contributed by atoms with van der Waals surface area (Å²) < 4.78 is 11.5. The highest BCUT2D eigenvalue weighted by Crippen LogP contribution is 2.31. The average molecular weight is 410 g/mol. The summed E-state index contributed by atoms with van der Waals surface area (Å²) in [4.78, 5) is 9.27. The fraction of sp³-hybridized carbons (Fsp3) is 0.458. The molecular formula is C24H31N3O3. The van der Waals surface area contributed by atoms with E-state index in [0.29, 0.717) is 30.7 Å². The van der Waals surface area contributed by atoms with Crippen LogP contribution < -0.4 is 4.74 Å². The van der Waals surface area contributed by atoms with Gasteiger partial charge in [0.05, 0.1) is 6.61 Å². The maximum absolute atomic E-state index is 9.00. The maximum atomic E-state index is 9.00. The van der Waals surface area contributed by atoms with E-state index in [1.54, 1.807) is 0 Å². The van der Waals surface area contributed by atoms with E-state index >= 15 is 0 Å². The summed E-state index contributed by atoms with van der Waals surface area (Å²) in [5, 5.41) is 13.2. The third-order valence-electron chi connectivity index (χ3n) is 4.84. The monoisotopic (exact) mass is 409 g/mol. The minimum Gasteiger partial charge on any atom is -0.493 e. The van der Waals surface area contributed by atoms with Gasteiger partial charge in [0, 0.05) is 35.5 Å². The number of hydrogen-bond acceptors (Lipinski definition) is 6. The number of nitrogens with zero attached hydrogens (tertiary/aromatic N) is 3. The summed E-state index contributed by atoms with van der Waals surface area (Å²) in [5.74, 6) is 2.46. The van der Waals surface area contributed by atoms with E-state index in [4.69, 9.17) is 14.4 Å². The second-order valence-electron chi connectivity index (χ2n) is 8.07. The Morgan fingerprint density at radius 3 is 2.57 bits per heavy atom. The highest BCUT2D eigenvalue weighted by molar-refractivity contribution is 5.64. The van der Waals surface area contributed by atoms with Gasteiger partial charge in [-0.1, -0.05) is 25.9 Å². The van der Waals surface area contributed by atoms with Crippen LogP contribution >= 0.6 is 0 Å². The predicted molar refractivity (Wildman–Crippen MR) is 118 cm³/mol. The van der Waals surface area contributed by atoms with Crippen LogP contribution in [0.1, 0.15) is 49.7 Å². The summed E-state index contributed by atoms with van der Waals surface area (Å²) in [6.07, 6.45) is 2.35. The number of aliphatic hydroxyl groups is 1. The zero-order chi connectivity index (χ0) is 21.7. The van der Waals surface area contributed by atoms with Gasteiger partial charge in [-0.15, -0.1) is 0 Å². The summed E-state index contributed by atoms with van der Waals surface area (Å²) in [5.41, 5.74) is 5.89. The van der Waals surface area contributed by atoms with Crippen LogP contribution in [0.5, 0.6) is 5.75 Å².